The Morgan fingerprint density at radius 1 is 1.61 bits per heavy atom. The van der Waals surface area contributed by atoms with Crippen molar-refractivity contribution in [3.63, 3.8) is 0 Å². The van der Waals surface area contributed by atoms with E-state index in [1.54, 1.807) is 11.8 Å². The zero-order valence-corrected chi connectivity index (χ0v) is 12.8. The third-order valence-electron chi connectivity index (χ3n) is 3.42. The molecule has 2 unspecified atom stereocenters. The number of carbonyl (C=O) groups is 1. The summed E-state index contributed by atoms with van der Waals surface area (Å²) in [6, 6.07) is 0.383. The Morgan fingerprint density at radius 2 is 2.33 bits per heavy atom. The molecule has 18 heavy (non-hydrogen) atoms. The fraction of sp³-hybridized carbons (Fsp3) is 0.667. The second-order valence-electron chi connectivity index (χ2n) is 4.72. The Hall–Kier alpha value is -0.700. The predicted octanol–water partition coefficient (Wildman–Crippen LogP) is 3.99. The largest absolute Gasteiger partial charge is 0.328 e. The van der Waals surface area contributed by atoms with Gasteiger partial charge >= 0.3 is 0 Å². The number of carbonyl (C=O) groups excluding carboxylic acids is 1. The average molecular weight is 267 g/mol. The van der Waals surface area contributed by atoms with Gasteiger partial charge in [0, 0.05) is 12.5 Å². The highest BCUT2D eigenvalue weighted by Crippen LogP contribution is 2.30. The lowest BCUT2D eigenvalue weighted by atomic mass is 10.0. The van der Waals surface area contributed by atoms with Crippen LogP contribution < -0.4 is 0 Å². The van der Waals surface area contributed by atoms with E-state index in [0.717, 1.165) is 19.3 Å². The number of amides is 1. The van der Waals surface area contributed by atoms with Gasteiger partial charge in [0.25, 0.3) is 0 Å². The van der Waals surface area contributed by atoms with Gasteiger partial charge in [0.15, 0.2) is 0 Å². The van der Waals surface area contributed by atoms with Crippen molar-refractivity contribution in [1.82, 2.24) is 4.90 Å². The van der Waals surface area contributed by atoms with E-state index in [-0.39, 0.29) is 0 Å². The van der Waals surface area contributed by atoms with Crippen LogP contribution in [0.3, 0.4) is 0 Å². The van der Waals surface area contributed by atoms with Crippen LogP contribution in [-0.2, 0) is 4.79 Å². The molecule has 0 saturated carbocycles. The summed E-state index contributed by atoms with van der Waals surface area (Å²) in [5.41, 5.74) is 1.36. The minimum Gasteiger partial charge on any atom is -0.328 e. The van der Waals surface area contributed by atoms with E-state index in [4.69, 9.17) is 0 Å². The fourth-order valence-electron chi connectivity index (χ4n) is 2.54. The average Bonchev–Trinajstić information content (AvgIpc) is 2.70. The number of allylic oxidation sites excluding steroid dienone is 3. The highest BCUT2D eigenvalue weighted by molar-refractivity contribution is 7.99. The summed E-state index contributed by atoms with van der Waals surface area (Å²) in [6.45, 7) is 6.33. The molecule has 0 aliphatic carbocycles. The second-order valence-corrected chi connectivity index (χ2v) is 5.87. The summed E-state index contributed by atoms with van der Waals surface area (Å²) >= 11 is 1.75. The topological polar surface area (TPSA) is 20.3 Å². The highest BCUT2D eigenvalue weighted by Gasteiger charge is 2.33. The van der Waals surface area contributed by atoms with Gasteiger partial charge in [0.2, 0.25) is 5.91 Å². The minimum atomic E-state index is 0.290. The van der Waals surface area contributed by atoms with Crippen LogP contribution in [-0.4, -0.2) is 28.5 Å². The number of likely N-dealkylation sites (tertiary alicyclic amines) is 1. The van der Waals surface area contributed by atoms with Crippen molar-refractivity contribution in [2.24, 2.45) is 0 Å². The van der Waals surface area contributed by atoms with Crippen molar-refractivity contribution >= 4 is 17.7 Å². The standard InChI is InChI=1S/C15H25NOS/c1-5-7-13(8-6-2)11-14-9-10-15(17)16(14)12(3)18-4/h5,7-8,12,14H,6,9-11H2,1-4H3. The molecule has 102 valence electrons. The maximum Gasteiger partial charge on any atom is 0.223 e. The van der Waals surface area contributed by atoms with Gasteiger partial charge in [-0.05, 0) is 39.4 Å². The molecule has 0 spiro atoms. The van der Waals surface area contributed by atoms with Crippen molar-refractivity contribution in [2.45, 2.75) is 57.9 Å². The number of hydrogen-bond acceptors (Lipinski definition) is 2. The van der Waals surface area contributed by atoms with E-state index in [1.165, 1.54) is 5.57 Å². The molecule has 0 aromatic carbocycles. The normalized spacial score (nSPS) is 23.1. The maximum atomic E-state index is 12.0. The number of thioether (sulfide) groups is 1. The van der Waals surface area contributed by atoms with Crippen LogP contribution in [0.1, 0.15) is 46.5 Å². The fourth-order valence-corrected chi connectivity index (χ4v) is 3.06. The summed E-state index contributed by atoms with van der Waals surface area (Å²) < 4.78 is 0. The Morgan fingerprint density at radius 3 is 2.89 bits per heavy atom. The lowest BCUT2D eigenvalue weighted by Crippen LogP contribution is -2.38. The van der Waals surface area contributed by atoms with Crippen LogP contribution in [0.2, 0.25) is 0 Å². The third kappa shape index (κ3) is 3.91. The van der Waals surface area contributed by atoms with Gasteiger partial charge in [-0.1, -0.05) is 30.7 Å². The van der Waals surface area contributed by atoms with Crippen LogP contribution in [0.25, 0.3) is 0 Å². The molecular weight excluding hydrogens is 242 g/mol. The van der Waals surface area contributed by atoms with Crippen LogP contribution in [0, 0.1) is 0 Å². The molecule has 2 atom stereocenters. The van der Waals surface area contributed by atoms with Crippen LogP contribution in [0.4, 0.5) is 0 Å². The molecule has 1 saturated heterocycles. The van der Waals surface area contributed by atoms with Crippen molar-refractivity contribution in [2.75, 3.05) is 6.26 Å². The first-order valence-electron chi connectivity index (χ1n) is 6.79. The van der Waals surface area contributed by atoms with Gasteiger partial charge in [-0.2, -0.15) is 0 Å². The van der Waals surface area contributed by atoms with Gasteiger partial charge < -0.3 is 4.90 Å². The number of rotatable bonds is 6. The lowest BCUT2D eigenvalue weighted by Gasteiger charge is -2.30. The third-order valence-corrected chi connectivity index (χ3v) is 4.33. The summed E-state index contributed by atoms with van der Waals surface area (Å²) in [7, 11) is 0. The summed E-state index contributed by atoms with van der Waals surface area (Å²) in [5, 5.41) is 0.290. The quantitative estimate of drug-likeness (QED) is 0.678. The summed E-state index contributed by atoms with van der Waals surface area (Å²) in [4.78, 5) is 14.0. The predicted molar refractivity (Wildman–Crippen MR) is 80.7 cm³/mol. The van der Waals surface area contributed by atoms with Gasteiger partial charge in [0.1, 0.15) is 0 Å². The Balaban J connectivity index is 2.75. The van der Waals surface area contributed by atoms with Crippen molar-refractivity contribution in [3.05, 3.63) is 23.8 Å². The van der Waals surface area contributed by atoms with E-state index < -0.39 is 0 Å². The van der Waals surface area contributed by atoms with Gasteiger partial charge in [-0.15, -0.1) is 11.8 Å². The Bertz CT molecular complexity index is 335. The molecule has 1 fully saturated rings. The second kappa shape index (κ2) is 7.67. The minimum absolute atomic E-state index is 0.290. The first kappa shape index (κ1) is 15.4. The number of nitrogens with zero attached hydrogens (tertiary/aromatic N) is 1. The van der Waals surface area contributed by atoms with E-state index in [9.17, 15) is 4.79 Å². The Kier molecular flexibility index (Phi) is 6.55. The molecule has 2 nitrogen and oxygen atoms in total. The Labute approximate surface area is 116 Å². The highest BCUT2D eigenvalue weighted by atomic mass is 32.2. The first-order valence-corrected chi connectivity index (χ1v) is 8.08. The first-order chi connectivity index (χ1) is 8.63. The molecule has 0 N–H and O–H groups in total. The lowest BCUT2D eigenvalue weighted by molar-refractivity contribution is -0.129. The van der Waals surface area contributed by atoms with E-state index in [1.807, 2.05) is 6.92 Å². The molecule has 0 aromatic heterocycles. The van der Waals surface area contributed by atoms with E-state index >= 15 is 0 Å². The van der Waals surface area contributed by atoms with Gasteiger partial charge in [-0.3, -0.25) is 4.79 Å². The molecule has 1 aliphatic rings. The molecule has 0 aromatic rings. The van der Waals surface area contributed by atoms with Crippen molar-refractivity contribution in [3.8, 4) is 0 Å². The van der Waals surface area contributed by atoms with Crippen LogP contribution in [0.15, 0.2) is 23.8 Å². The zero-order valence-electron chi connectivity index (χ0n) is 12.0. The summed E-state index contributed by atoms with van der Waals surface area (Å²) in [5.74, 6) is 0.318. The van der Waals surface area contributed by atoms with Crippen molar-refractivity contribution < 1.29 is 4.79 Å². The molecular formula is C15H25NOS. The smallest absolute Gasteiger partial charge is 0.223 e. The molecule has 3 heteroatoms. The molecule has 1 heterocycles. The van der Waals surface area contributed by atoms with Crippen molar-refractivity contribution in [1.29, 1.82) is 0 Å². The van der Waals surface area contributed by atoms with E-state index in [0.29, 0.717) is 23.7 Å². The summed E-state index contributed by atoms with van der Waals surface area (Å²) in [6.07, 6.45) is 12.4. The molecule has 1 amide bonds. The molecule has 0 bridgehead atoms. The van der Waals surface area contributed by atoms with Crippen LogP contribution >= 0.6 is 11.8 Å². The SMILES string of the molecule is CC=CC(=CCC)CC1CCC(=O)N1C(C)SC. The van der Waals surface area contributed by atoms with Gasteiger partial charge in [0.05, 0.1) is 5.37 Å². The van der Waals surface area contributed by atoms with Crippen LogP contribution in [0.5, 0.6) is 0 Å². The molecule has 1 rings (SSSR count). The van der Waals surface area contributed by atoms with Gasteiger partial charge in [-0.25, -0.2) is 0 Å². The molecule has 1 aliphatic heterocycles. The maximum absolute atomic E-state index is 12.0. The van der Waals surface area contributed by atoms with E-state index in [2.05, 4.69) is 43.2 Å². The number of hydrogen-bond donors (Lipinski definition) is 0. The monoisotopic (exact) mass is 267 g/mol. The molecule has 0 radical (unpaired) electrons. The zero-order chi connectivity index (χ0) is 13.5.